The lowest BCUT2D eigenvalue weighted by molar-refractivity contribution is -0.132. The van der Waals surface area contributed by atoms with Crippen LogP contribution in [-0.4, -0.2) is 51.9 Å². The van der Waals surface area contributed by atoms with Gasteiger partial charge in [0.25, 0.3) is 0 Å². The van der Waals surface area contributed by atoms with Crippen LogP contribution in [0.4, 0.5) is 5.82 Å². The third kappa shape index (κ3) is 4.12. The van der Waals surface area contributed by atoms with E-state index in [0.29, 0.717) is 10.9 Å². The lowest BCUT2D eigenvalue weighted by Crippen LogP contribution is -2.49. The molecule has 0 atom stereocenters. The van der Waals surface area contributed by atoms with Gasteiger partial charge in [0.05, 0.1) is 16.9 Å². The second kappa shape index (κ2) is 8.27. The van der Waals surface area contributed by atoms with Crippen molar-refractivity contribution in [2.45, 2.75) is 19.8 Å². The average molecular weight is 434 g/mol. The third-order valence-corrected chi connectivity index (χ3v) is 6.26. The monoisotopic (exact) mass is 433 g/mol. The highest BCUT2D eigenvalue weighted by molar-refractivity contribution is 6.33. The Morgan fingerprint density at radius 3 is 2.42 bits per heavy atom. The smallest absolute Gasteiger partial charge is 0.225 e. The van der Waals surface area contributed by atoms with Crippen LogP contribution in [0.5, 0.6) is 0 Å². The molecule has 0 spiro atoms. The summed E-state index contributed by atoms with van der Waals surface area (Å²) in [5.74, 6) is 1.38. The summed E-state index contributed by atoms with van der Waals surface area (Å²) in [6.45, 7) is 5.01. The number of amides is 1. The van der Waals surface area contributed by atoms with Crippen LogP contribution >= 0.6 is 11.6 Å². The van der Waals surface area contributed by atoms with Crippen molar-refractivity contribution in [1.82, 2.24) is 19.9 Å². The molecule has 0 N–H and O–H groups in total. The van der Waals surface area contributed by atoms with E-state index in [2.05, 4.69) is 41.1 Å². The van der Waals surface area contributed by atoms with Crippen molar-refractivity contribution < 1.29 is 4.79 Å². The van der Waals surface area contributed by atoms with Gasteiger partial charge in [0, 0.05) is 55.6 Å². The normalized spacial score (nSPS) is 16.5. The van der Waals surface area contributed by atoms with Crippen LogP contribution in [0.1, 0.15) is 18.4 Å². The van der Waals surface area contributed by atoms with E-state index in [1.807, 2.05) is 17.2 Å². The van der Waals surface area contributed by atoms with Crippen LogP contribution in [0, 0.1) is 12.8 Å². The predicted octanol–water partition coefficient (Wildman–Crippen LogP) is 4.23. The summed E-state index contributed by atoms with van der Waals surface area (Å²) in [5, 5.41) is 0.544. The molecule has 1 aliphatic carbocycles. The lowest BCUT2D eigenvalue weighted by atomic mass is 10.0. The molecule has 158 valence electrons. The van der Waals surface area contributed by atoms with Crippen molar-refractivity contribution in [3.63, 3.8) is 0 Å². The number of rotatable bonds is 4. The maximum Gasteiger partial charge on any atom is 0.225 e. The Kier molecular flexibility index (Phi) is 5.32. The van der Waals surface area contributed by atoms with E-state index in [1.54, 1.807) is 12.4 Å². The average Bonchev–Trinajstić information content (AvgIpc) is 3.65. The summed E-state index contributed by atoms with van der Waals surface area (Å²) >= 11 is 6.48. The maximum absolute atomic E-state index is 12.4. The topological polar surface area (TPSA) is 62.2 Å². The number of aryl methyl sites for hydroxylation is 1. The minimum absolute atomic E-state index is 0.264. The van der Waals surface area contributed by atoms with Crippen LogP contribution in [0.3, 0.4) is 0 Å². The number of hydrogen-bond acceptors (Lipinski definition) is 5. The number of piperazine rings is 1. The Bertz CT molecular complexity index is 1110. The van der Waals surface area contributed by atoms with Crippen molar-refractivity contribution >= 4 is 23.3 Å². The van der Waals surface area contributed by atoms with Crippen LogP contribution in [0.2, 0.25) is 5.02 Å². The number of aromatic nitrogens is 3. The van der Waals surface area contributed by atoms with Crippen molar-refractivity contribution in [2.24, 2.45) is 5.92 Å². The Morgan fingerprint density at radius 1 is 1.00 bits per heavy atom. The fourth-order valence-electron chi connectivity index (χ4n) is 3.95. The van der Waals surface area contributed by atoms with Crippen LogP contribution in [0.15, 0.2) is 48.9 Å². The van der Waals surface area contributed by atoms with E-state index in [9.17, 15) is 4.79 Å². The van der Waals surface area contributed by atoms with E-state index in [-0.39, 0.29) is 5.92 Å². The van der Waals surface area contributed by atoms with E-state index in [0.717, 1.165) is 67.4 Å². The molecule has 3 aromatic rings. The van der Waals surface area contributed by atoms with Gasteiger partial charge >= 0.3 is 0 Å². The quantitative estimate of drug-likeness (QED) is 0.616. The van der Waals surface area contributed by atoms with Crippen molar-refractivity contribution in [1.29, 1.82) is 0 Å². The SMILES string of the molecule is Cc1ccc(-c2ncc(N3CCN(C(=O)C4CC4)CC3)nc2-c2ccncc2Cl)cc1. The number of hydrogen-bond donors (Lipinski definition) is 0. The largest absolute Gasteiger partial charge is 0.352 e. The Morgan fingerprint density at radius 2 is 1.74 bits per heavy atom. The fraction of sp³-hybridized carbons (Fsp3) is 0.333. The molecule has 1 aliphatic heterocycles. The third-order valence-electron chi connectivity index (χ3n) is 5.95. The van der Waals surface area contributed by atoms with E-state index in [4.69, 9.17) is 21.6 Å². The number of anilines is 1. The zero-order valence-corrected chi connectivity index (χ0v) is 18.2. The molecule has 2 fully saturated rings. The first-order chi connectivity index (χ1) is 15.1. The number of pyridine rings is 1. The number of carbonyl (C=O) groups excluding carboxylic acids is 1. The van der Waals surface area contributed by atoms with Gasteiger partial charge in [0.15, 0.2) is 0 Å². The van der Waals surface area contributed by atoms with Gasteiger partial charge in [0.2, 0.25) is 5.91 Å². The summed E-state index contributed by atoms with van der Waals surface area (Å²) in [4.78, 5) is 30.5. The van der Waals surface area contributed by atoms with Crippen molar-refractivity contribution in [3.8, 4) is 22.5 Å². The highest BCUT2D eigenvalue weighted by Gasteiger charge is 2.34. The summed E-state index contributed by atoms with van der Waals surface area (Å²) in [7, 11) is 0. The zero-order valence-electron chi connectivity index (χ0n) is 17.5. The molecular weight excluding hydrogens is 410 g/mol. The first kappa shape index (κ1) is 19.9. The van der Waals surface area contributed by atoms with Gasteiger partial charge in [-0.3, -0.25) is 14.8 Å². The molecule has 6 nitrogen and oxygen atoms in total. The summed E-state index contributed by atoms with van der Waals surface area (Å²) in [5.41, 5.74) is 4.52. The maximum atomic E-state index is 12.4. The lowest BCUT2D eigenvalue weighted by Gasteiger charge is -2.35. The van der Waals surface area contributed by atoms with Gasteiger partial charge in [0.1, 0.15) is 11.5 Å². The van der Waals surface area contributed by atoms with Crippen molar-refractivity contribution in [3.05, 3.63) is 59.5 Å². The summed E-state index contributed by atoms with van der Waals surface area (Å²) in [6, 6.07) is 10.1. The van der Waals surface area contributed by atoms with Crippen LogP contribution in [-0.2, 0) is 4.79 Å². The molecule has 7 heteroatoms. The fourth-order valence-corrected chi connectivity index (χ4v) is 4.16. The molecule has 2 aromatic heterocycles. The second-order valence-corrected chi connectivity index (χ2v) is 8.64. The zero-order chi connectivity index (χ0) is 21.4. The Hall–Kier alpha value is -2.99. The molecule has 0 unspecified atom stereocenters. The highest BCUT2D eigenvalue weighted by Crippen LogP contribution is 2.35. The molecule has 1 saturated carbocycles. The van der Waals surface area contributed by atoms with Gasteiger partial charge in [-0.05, 0) is 25.8 Å². The van der Waals surface area contributed by atoms with Crippen molar-refractivity contribution in [2.75, 3.05) is 31.1 Å². The summed E-state index contributed by atoms with van der Waals surface area (Å²) < 4.78 is 0. The minimum Gasteiger partial charge on any atom is -0.352 e. The van der Waals surface area contributed by atoms with Gasteiger partial charge in [-0.1, -0.05) is 41.4 Å². The molecule has 3 heterocycles. The molecule has 5 rings (SSSR count). The van der Waals surface area contributed by atoms with Crippen LogP contribution < -0.4 is 4.90 Å². The molecule has 1 aromatic carbocycles. The molecule has 1 saturated heterocycles. The second-order valence-electron chi connectivity index (χ2n) is 8.23. The first-order valence-corrected chi connectivity index (χ1v) is 11.1. The molecule has 2 aliphatic rings. The van der Waals surface area contributed by atoms with Gasteiger partial charge < -0.3 is 9.80 Å². The number of benzene rings is 1. The highest BCUT2D eigenvalue weighted by atomic mass is 35.5. The molecular formula is C24H24ClN5O. The number of halogens is 1. The Balaban J connectivity index is 1.47. The number of nitrogens with zero attached hydrogens (tertiary/aromatic N) is 5. The van der Waals surface area contributed by atoms with E-state index in [1.165, 1.54) is 5.56 Å². The molecule has 0 radical (unpaired) electrons. The molecule has 0 bridgehead atoms. The summed E-state index contributed by atoms with van der Waals surface area (Å²) in [6.07, 6.45) is 7.26. The van der Waals surface area contributed by atoms with Gasteiger partial charge in [-0.25, -0.2) is 4.98 Å². The predicted molar refractivity (Wildman–Crippen MR) is 122 cm³/mol. The van der Waals surface area contributed by atoms with Crippen LogP contribution in [0.25, 0.3) is 22.5 Å². The van der Waals surface area contributed by atoms with E-state index >= 15 is 0 Å². The minimum atomic E-state index is 0.264. The van der Waals surface area contributed by atoms with E-state index < -0.39 is 0 Å². The Labute approximate surface area is 186 Å². The standard InChI is InChI=1S/C24H24ClN5O/c1-16-2-4-17(5-3-16)22-23(19-8-9-26-14-20(19)25)28-21(15-27-22)29-10-12-30(13-11-29)24(31)18-6-7-18/h2-5,8-9,14-15,18H,6-7,10-13H2,1H3. The van der Waals surface area contributed by atoms with Gasteiger partial charge in [-0.2, -0.15) is 0 Å². The first-order valence-electron chi connectivity index (χ1n) is 10.7. The molecule has 31 heavy (non-hydrogen) atoms. The number of carbonyl (C=O) groups is 1. The molecule has 1 amide bonds. The van der Waals surface area contributed by atoms with Gasteiger partial charge in [-0.15, -0.1) is 0 Å².